The standard InChI is InChI=1S/C19H31N/c1-3-4-5-6-7-8-10-16(2)18-12-9-11-17-13-14-20-15-19(17)18/h13-16,18H,3-12H2,1-2H3. The van der Waals surface area contributed by atoms with Crippen molar-refractivity contribution in [1.82, 2.24) is 4.98 Å². The normalized spacial score (nSPS) is 19.6. The highest BCUT2D eigenvalue weighted by molar-refractivity contribution is 5.29. The van der Waals surface area contributed by atoms with Crippen molar-refractivity contribution in [3.8, 4) is 0 Å². The number of fused-ring (bicyclic) bond motifs is 1. The van der Waals surface area contributed by atoms with Crippen molar-refractivity contribution in [1.29, 1.82) is 0 Å². The average molecular weight is 273 g/mol. The first-order valence-corrected chi connectivity index (χ1v) is 8.75. The number of pyridine rings is 1. The van der Waals surface area contributed by atoms with Crippen molar-refractivity contribution in [2.24, 2.45) is 5.92 Å². The molecule has 0 bridgehead atoms. The molecule has 1 aromatic heterocycles. The fourth-order valence-corrected chi connectivity index (χ4v) is 3.70. The van der Waals surface area contributed by atoms with Crippen molar-refractivity contribution in [2.45, 2.75) is 84.0 Å². The van der Waals surface area contributed by atoms with Crippen molar-refractivity contribution >= 4 is 0 Å². The lowest BCUT2D eigenvalue weighted by Gasteiger charge is -2.30. The number of nitrogens with zero attached hydrogens (tertiary/aromatic N) is 1. The van der Waals surface area contributed by atoms with E-state index in [1.807, 2.05) is 6.20 Å². The maximum atomic E-state index is 4.36. The van der Waals surface area contributed by atoms with E-state index in [4.69, 9.17) is 0 Å². The average Bonchev–Trinajstić information content (AvgIpc) is 2.50. The molecule has 0 aliphatic heterocycles. The minimum atomic E-state index is 0.767. The number of hydrogen-bond donors (Lipinski definition) is 0. The minimum absolute atomic E-state index is 0.767. The van der Waals surface area contributed by atoms with Crippen LogP contribution in [0.25, 0.3) is 0 Å². The Morgan fingerprint density at radius 1 is 1.20 bits per heavy atom. The molecule has 0 radical (unpaired) electrons. The maximum absolute atomic E-state index is 4.36. The Balaban J connectivity index is 1.77. The van der Waals surface area contributed by atoms with Crippen LogP contribution in [-0.2, 0) is 6.42 Å². The van der Waals surface area contributed by atoms with Gasteiger partial charge >= 0.3 is 0 Å². The van der Waals surface area contributed by atoms with Gasteiger partial charge in [-0.05, 0) is 48.3 Å². The summed E-state index contributed by atoms with van der Waals surface area (Å²) < 4.78 is 0. The summed E-state index contributed by atoms with van der Waals surface area (Å²) in [5, 5.41) is 0. The second kappa shape index (κ2) is 8.44. The first-order valence-electron chi connectivity index (χ1n) is 8.75. The highest BCUT2D eigenvalue weighted by atomic mass is 14.6. The van der Waals surface area contributed by atoms with Crippen LogP contribution in [0, 0.1) is 5.92 Å². The largest absolute Gasteiger partial charge is 0.264 e. The van der Waals surface area contributed by atoms with Crippen LogP contribution in [0.3, 0.4) is 0 Å². The minimum Gasteiger partial charge on any atom is -0.264 e. The van der Waals surface area contributed by atoms with Crippen LogP contribution in [0.1, 0.15) is 88.7 Å². The summed E-state index contributed by atoms with van der Waals surface area (Å²) in [5.41, 5.74) is 3.11. The van der Waals surface area contributed by atoms with Crippen LogP contribution in [0.4, 0.5) is 0 Å². The number of aryl methyl sites for hydroxylation is 1. The SMILES string of the molecule is CCCCCCCCC(C)C1CCCc2ccncc21. The summed E-state index contributed by atoms with van der Waals surface area (Å²) in [6, 6.07) is 2.24. The highest BCUT2D eigenvalue weighted by Crippen LogP contribution is 2.38. The van der Waals surface area contributed by atoms with E-state index in [0.29, 0.717) is 0 Å². The van der Waals surface area contributed by atoms with Crippen LogP contribution < -0.4 is 0 Å². The quantitative estimate of drug-likeness (QED) is 0.538. The molecular weight excluding hydrogens is 242 g/mol. The Morgan fingerprint density at radius 2 is 2.00 bits per heavy atom. The molecule has 1 aliphatic carbocycles. The van der Waals surface area contributed by atoms with Gasteiger partial charge in [-0.25, -0.2) is 0 Å². The van der Waals surface area contributed by atoms with Crippen LogP contribution in [-0.4, -0.2) is 4.98 Å². The van der Waals surface area contributed by atoms with Gasteiger partial charge in [0.15, 0.2) is 0 Å². The number of rotatable bonds is 8. The molecule has 1 aliphatic rings. The Bertz CT molecular complexity index is 385. The molecule has 1 heteroatoms. The zero-order valence-corrected chi connectivity index (χ0v) is 13.4. The summed E-state index contributed by atoms with van der Waals surface area (Å²) in [7, 11) is 0. The molecule has 0 N–H and O–H groups in total. The molecule has 0 saturated heterocycles. The molecule has 0 aromatic carbocycles. The second-order valence-corrected chi connectivity index (χ2v) is 6.61. The first kappa shape index (κ1) is 15.5. The van der Waals surface area contributed by atoms with Gasteiger partial charge < -0.3 is 0 Å². The number of aromatic nitrogens is 1. The summed E-state index contributed by atoms with van der Waals surface area (Å²) in [6.07, 6.45) is 18.0. The van der Waals surface area contributed by atoms with E-state index in [0.717, 1.165) is 11.8 Å². The second-order valence-electron chi connectivity index (χ2n) is 6.61. The van der Waals surface area contributed by atoms with Gasteiger partial charge in [0.05, 0.1) is 0 Å². The Kier molecular flexibility index (Phi) is 6.56. The number of hydrogen-bond acceptors (Lipinski definition) is 1. The molecule has 0 spiro atoms. The van der Waals surface area contributed by atoms with Gasteiger partial charge in [-0.15, -0.1) is 0 Å². The molecule has 1 heterocycles. The van der Waals surface area contributed by atoms with E-state index in [-0.39, 0.29) is 0 Å². The fraction of sp³-hybridized carbons (Fsp3) is 0.737. The smallest absolute Gasteiger partial charge is 0.0305 e. The van der Waals surface area contributed by atoms with Crippen LogP contribution in [0.5, 0.6) is 0 Å². The van der Waals surface area contributed by atoms with Crippen LogP contribution in [0.15, 0.2) is 18.5 Å². The molecule has 2 rings (SSSR count). The van der Waals surface area contributed by atoms with Gasteiger partial charge in [-0.2, -0.15) is 0 Å². The van der Waals surface area contributed by atoms with Crippen LogP contribution in [0.2, 0.25) is 0 Å². The molecule has 0 amide bonds. The third-order valence-electron chi connectivity index (χ3n) is 5.01. The van der Waals surface area contributed by atoms with E-state index in [9.17, 15) is 0 Å². The summed E-state index contributed by atoms with van der Waals surface area (Å²) in [5.74, 6) is 1.59. The van der Waals surface area contributed by atoms with Crippen molar-refractivity contribution in [2.75, 3.05) is 0 Å². The lowest BCUT2D eigenvalue weighted by Crippen LogP contribution is -2.17. The van der Waals surface area contributed by atoms with Crippen molar-refractivity contribution in [3.05, 3.63) is 29.6 Å². The van der Waals surface area contributed by atoms with Gasteiger partial charge in [-0.1, -0.05) is 58.8 Å². The summed E-state index contributed by atoms with van der Waals surface area (Å²) in [6.45, 7) is 4.75. The molecule has 0 fully saturated rings. The van der Waals surface area contributed by atoms with Gasteiger partial charge in [0.25, 0.3) is 0 Å². The zero-order chi connectivity index (χ0) is 14.2. The van der Waals surface area contributed by atoms with E-state index in [1.165, 1.54) is 64.2 Å². The van der Waals surface area contributed by atoms with Crippen molar-refractivity contribution < 1.29 is 0 Å². The lowest BCUT2D eigenvalue weighted by atomic mass is 9.75. The maximum Gasteiger partial charge on any atom is 0.0305 e. The van der Waals surface area contributed by atoms with E-state index >= 15 is 0 Å². The fourth-order valence-electron chi connectivity index (χ4n) is 3.70. The van der Waals surface area contributed by atoms with Gasteiger partial charge in [-0.3, -0.25) is 4.98 Å². The van der Waals surface area contributed by atoms with Crippen LogP contribution >= 0.6 is 0 Å². The lowest BCUT2D eigenvalue weighted by molar-refractivity contribution is 0.369. The summed E-state index contributed by atoms with van der Waals surface area (Å²) >= 11 is 0. The highest BCUT2D eigenvalue weighted by Gasteiger charge is 2.24. The molecule has 0 saturated carbocycles. The molecule has 2 atom stereocenters. The van der Waals surface area contributed by atoms with Gasteiger partial charge in [0.1, 0.15) is 0 Å². The third-order valence-corrected chi connectivity index (χ3v) is 5.01. The van der Waals surface area contributed by atoms with E-state index in [1.54, 1.807) is 11.1 Å². The predicted octanol–water partition coefficient (Wildman–Crippen LogP) is 5.89. The topological polar surface area (TPSA) is 12.9 Å². The molecule has 2 unspecified atom stereocenters. The molecule has 1 aromatic rings. The Morgan fingerprint density at radius 3 is 2.85 bits per heavy atom. The Hall–Kier alpha value is -0.850. The van der Waals surface area contributed by atoms with Crippen molar-refractivity contribution in [3.63, 3.8) is 0 Å². The monoisotopic (exact) mass is 273 g/mol. The molecule has 20 heavy (non-hydrogen) atoms. The first-order chi connectivity index (χ1) is 9.83. The zero-order valence-electron chi connectivity index (χ0n) is 13.4. The molecule has 112 valence electrons. The summed E-state index contributed by atoms with van der Waals surface area (Å²) in [4.78, 5) is 4.36. The number of unbranched alkanes of at least 4 members (excludes halogenated alkanes) is 5. The third kappa shape index (κ3) is 4.33. The van der Waals surface area contributed by atoms with Gasteiger partial charge in [0, 0.05) is 12.4 Å². The van der Waals surface area contributed by atoms with E-state index in [2.05, 4.69) is 31.1 Å². The molecule has 1 nitrogen and oxygen atoms in total. The van der Waals surface area contributed by atoms with Gasteiger partial charge in [0.2, 0.25) is 0 Å². The predicted molar refractivity (Wildman–Crippen MR) is 87.1 cm³/mol. The Labute approximate surface area is 125 Å². The molecular formula is C19H31N. The van der Waals surface area contributed by atoms with E-state index < -0.39 is 0 Å².